The van der Waals surface area contributed by atoms with Gasteiger partial charge in [-0.1, -0.05) is 18.2 Å². The summed E-state index contributed by atoms with van der Waals surface area (Å²) in [6.07, 6.45) is 3.43. The zero-order valence-corrected chi connectivity index (χ0v) is 13.2. The maximum atomic E-state index is 12.3. The van der Waals surface area contributed by atoms with Crippen LogP contribution in [-0.2, 0) is 9.53 Å². The highest BCUT2D eigenvalue weighted by atomic mass is 16.5. The number of imidazole rings is 1. The van der Waals surface area contributed by atoms with Crippen LogP contribution in [0, 0.1) is 5.92 Å². The van der Waals surface area contributed by atoms with Gasteiger partial charge in [-0.15, -0.1) is 0 Å². The van der Waals surface area contributed by atoms with E-state index in [0.717, 1.165) is 5.56 Å². The number of rotatable bonds is 3. The minimum atomic E-state index is -0.552. The first kappa shape index (κ1) is 15.1. The van der Waals surface area contributed by atoms with E-state index in [1.807, 2.05) is 22.8 Å². The number of aliphatic imine (C=N–C) groups is 1. The standard InChI is InChI=1S/C17H17N3O3/c1-10-14(16(22)23-3)15(20-8-7-18-17(20)19-10)13-6-4-5-12(9-13)11(2)21/h4-9,14-15H,1-3H3. The van der Waals surface area contributed by atoms with Crippen LogP contribution in [0.15, 0.2) is 41.7 Å². The minimum absolute atomic E-state index is 0.0199. The highest BCUT2D eigenvalue weighted by Crippen LogP contribution is 2.36. The predicted molar refractivity (Wildman–Crippen MR) is 85.1 cm³/mol. The SMILES string of the molecule is COC(=O)C1C(C)=Nc2nccn2C1c1cccc(C(C)=O)c1. The maximum absolute atomic E-state index is 12.3. The van der Waals surface area contributed by atoms with Crippen molar-refractivity contribution in [1.29, 1.82) is 0 Å². The van der Waals surface area contributed by atoms with E-state index in [2.05, 4.69) is 9.98 Å². The Kier molecular flexibility index (Phi) is 3.82. The zero-order chi connectivity index (χ0) is 16.6. The van der Waals surface area contributed by atoms with Crippen molar-refractivity contribution in [2.45, 2.75) is 19.9 Å². The van der Waals surface area contributed by atoms with Crippen LogP contribution in [0.4, 0.5) is 5.95 Å². The second-order valence-electron chi connectivity index (χ2n) is 5.52. The van der Waals surface area contributed by atoms with E-state index in [1.165, 1.54) is 14.0 Å². The van der Waals surface area contributed by atoms with Crippen molar-refractivity contribution in [2.75, 3.05) is 7.11 Å². The van der Waals surface area contributed by atoms with E-state index >= 15 is 0 Å². The summed E-state index contributed by atoms with van der Waals surface area (Å²) in [4.78, 5) is 32.6. The molecular formula is C17H17N3O3. The van der Waals surface area contributed by atoms with E-state index < -0.39 is 5.92 Å². The second-order valence-corrected chi connectivity index (χ2v) is 5.52. The number of carbonyl (C=O) groups excluding carboxylic acids is 2. The lowest BCUT2D eigenvalue weighted by atomic mass is 9.87. The lowest BCUT2D eigenvalue weighted by Crippen LogP contribution is -2.35. The summed E-state index contributed by atoms with van der Waals surface area (Å²) in [7, 11) is 1.36. The number of aromatic nitrogens is 2. The van der Waals surface area contributed by atoms with Gasteiger partial charge in [-0.05, 0) is 25.5 Å². The van der Waals surface area contributed by atoms with Gasteiger partial charge in [0.1, 0.15) is 5.92 Å². The molecule has 2 unspecified atom stereocenters. The molecule has 6 heteroatoms. The number of benzene rings is 1. The number of hydrogen-bond acceptors (Lipinski definition) is 5. The molecule has 6 nitrogen and oxygen atoms in total. The van der Waals surface area contributed by atoms with Crippen LogP contribution in [-0.4, -0.2) is 34.1 Å². The van der Waals surface area contributed by atoms with E-state index in [-0.39, 0.29) is 17.8 Å². The number of Topliss-reactive ketones (excluding diaryl/α,β-unsaturated/α-hetero) is 1. The third-order valence-electron chi connectivity index (χ3n) is 4.08. The fourth-order valence-electron chi connectivity index (χ4n) is 2.95. The van der Waals surface area contributed by atoms with Crippen molar-refractivity contribution >= 4 is 23.4 Å². The predicted octanol–water partition coefficient (Wildman–Crippen LogP) is 2.57. The number of ether oxygens (including phenoxy) is 1. The molecule has 0 N–H and O–H groups in total. The molecule has 0 amide bonds. The van der Waals surface area contributed by atoms with Crippen molar-refractivity contribution in [3.05, 3.63) is 47.8 Å². The Hall–Kier alpha value is -2.76. The first-order chi connectivity index (χ1) is 11.0. The van der Waals surface area contributed by atoms with Gasteiger partial charge in [-0.2, -0.15) is 0 Å². The quantitative estimate of drug-likeness (QED) is 0.645. The van der Waals surface area contributed by atoms with Gasteiger partial charge in [0, 0.05) is 23.7 Å². The topological polar surface area (TPSA) is 73.5 Å². The van der Waals surface area contributed by atoms with Crippen molar-refractivity contribution in [3.63, 3.8) is 0 Å². The summed E-state index contributed by atoms with van der Waals surface area (Å²) in [5.41, 5.74) is 2.10. The summed E-state index contributed by atoms with van der Waals surface area (Å²) < 4.78 is 6.80. The first-order valence-corrected chi connectivity index (χ1v) is 7.29. The largest absolute Gasteiger partial charge is 0.468 e. The number of esters is 1. The normalized spacial score (nSPS) is 19.7. The van der Waals surface area contributed by atoms with Crippen molar-refractivity contribution in [1.82, 2.24) is 9.55 Å². The third kappa shape index (κ3) is 2.56. The monoisotopic (exact) mass is 311 g/mol. The summed E-state index contributed by atoms with van der Waals surface area (Å²) in [6, 6.07) is 6.95. The van der Waals surface area contributed by atoms with Crippen molar-refractivity contribution in [3.8, 4) is 0 Å². The van der Waals surface area contributed by atoms with Gasteiger partial charge in [0.05, 0.1) is 13.2 Å². The molecule has 0 aliphatic carbocycles. The molecule has 0 spiro atoms. The van der Waals surface area contributed by atoms with Gasteiger partial charge in [-0.3, -0.25) is 9.59 Å². The van der Waals surface area contributed by atoms with Crippen molar-refractivity contribution in [2.24, 2.45) is 10.9 Å². The molecule has 0 radical (unpaired) electrons. The summed E-state index contributed by atoms with van der Waals surface area (Å²) in [6.45, 7) is 3.31. The molecule has 23 heavy (non-hydrogen) atoms. The second kappa shape index (κ2) is 5.79. The highest BCUT2D eigenvalue weighted by molar-refractivity contribution is 6.03. The Morgan fingerprint density at radius 3 is 2.78 bits per heavy atom. The van der Waals surface area contributed by atoms with Crippen LogP contribution in [0.1, 0.15) is 35.8 Å². The molecule has 0 bridgehead atoms. The molecule has 1 aromatic carbocycles. The van der Waals surface area contributed by atoms with E-state index in [4.69, 9.17) is 4.74 Å². The number of hydrogen-bond donors (Lipinski definition) is 0. The average Bonchev–Trinajstić information content (AvgIpc) is 3.00. The fourth-order valence-corrected chi connectivity index (χ4v) is 2.95. The first-order valence-electron chi connectivity index (χ1n) is 7.29. The molecule has 0 saturated heterocycles. The third-order valence-corrected chi connectivity index (χ3v) is 4.08. The maximum Gasteiger partial charge on any atom is 0.316 e. The van der Waals surface area contributed by atoms with Crippen LogP contribution in [0.5, 0.6) is 0 Å². The van der Waals surface area contributed by atoms with Crippen molar-refractivity contribution < 1.29 is 14.3 Å². The van der Waals surface area contributed by atoms with Gasteiger partial charge in [0.25, 0.3) is 0 Å². The Morgan fingerprint density at radius 1 is 1.30 bits per heavy atom. The minimum Gasteiger partial charge on any atom is -0.468 e. The van der Waals surface area contributed by atoms with E-state index in [0.29, 0.717) is 17.2 Å². The Morgan fingerprint density at radius 2 is 2.09 bits per heavy atom. The lowest BCUT2D eigenvalue weighted by molar-refractivity contribution is -0.144. The molecule has 1 aliphatic rings. The molecule has 0 saturated carbocycles. The van der Waals surface area contributed by atoms with Crippen LogP contribution in [0.3, 0.4) is 0 Å². The Labute approximate surface area is 133 Å². The number of ketones is 1. The van der Waals surface area contributed by atoms with Crippen LogP contribution in [0.25, 0.3) is 0 Å². The smallest absolute Gasteiger partial charge is 0.316 e. The number of carbonyl (C=O) groups is 2. The van der Waals surface area contributed by atoms with Crippen LogP contribution in [0.2, 0.25) is 0 Å². The molecule has 0 fully saturated rings. The van der Waals surface area contributed by atoms with Crippen LogP contribution < -0.4 is 0 Å². The van der Waals surface area contributed by atoms with Gasteiger partial charge in [0.15, 0.2) is 5.78 Å². The van der Waals surface area contributed by atoms with Crippen LogP contribution >= 0.6 is 0 Å². The molecule has 1 aromatic heterocycles. The number of fused-ring (bicyclic) bond motifs is 1. The number of methoxy groups -OCH3 is 1. The molecule has 2 aromatic rings. The summed E-state index contributed by atoms with van der Waals surface area (Å²) in [5.74, 6) is -0.387. The zero-order valence-electron chi connectivity index (χ0n) is 13.2. The van der Waals surface area contributed by atoms with Gasteiger partial charge in [0.2, 0.25) is 5.95 Å². The fraction of sp³-hybridized carbons (Fsp3) is 0.294. The molecule has 3 rings (SSSR count). The average molecular weight is 311 g/mol. The number of nitrogens with zero attached hydrogens (tertiary/aromatic N) is 3. The molecule has 2 heterocycles. The van der Waals surface area contributed by atoms with Gasteiger partial charge >= 0.3 is 5.97 Å². The lowest BCUT2D eigenvalue weighted by Gasteiger charge is -2.30. The molecule has 2 atom stereocenters. The van der Waals surface area contributed by atoms with Gasteiger partial charge < -0.3 is 9.30 Å². The highest BCUT2D eigenvalue weighted by Gasteiger charge is 2.38. The Bertz CT molecular complexity index is 807. The molecular weight excluding hydrogens is 294 g/mol. The Balaban J connectivity index is 2.17. The van der Waals surface area contributed by atoms with Gasteiger partial charge in [-0.25, -0.2) is 9.98 Å². The summed E-state index contributed by atoms with van der Waals surface area (Å²) in [5, 5.41) is 0. The molecule has 1 aliphatic heterocycles. The van der Waals surface area contributed by atoms with E-state index in [9.17, 15) is 9.59 Å². The molecule has 118 valence electrons. The van der Waals surface area contributed by atoms with E-state index in [1.54, 1.807) is 25.4 Å². The summed E-state index contributed by atoms with van der Waals surface area (Å²) >= 11 is 0.